The molecule has 1 unspecified atom stereocenters. The monoisotopic (exact) mass is 193 g/mol. The molecule has 0 aromatic heterocycles. The van der Waals surface area contributed by atoms with Crippen molar-refractivity contribution in [2.24, 2.45) is 0 Å². The van der Waals surface area contributed by atoms with Crippen molar-refractivity contribution in [2.75, 3.05) is 13.6 Å². The first kappa shape index (κ1) is 11.2. The number of unbranched alkanes of at least 4 members (excludes halogenated alkanes) is 1. The summed E-state index contributed by atoms with van der Waals surface area (Å²) in [6, 6.07) is 9.85. The number of hydrogen-bond acceptors (Lipinski definition) is 2. The lowest BCUT2D eigenvalue weighted by Gasteiger charge is -2.10. The lowest BCUT2D eigenvalue weighted by atomic mass is 10.0. The van der Waals surface area contributed by atoms with Crippen LogP contribution in [0.4, 0.5) is 0 Å². The molecule has 2 N–H and O–H groups in total. The van der Waals surface area contributed by atoms with E-state index < -0.39 is 0 Å². The second kappa shape index (κ2) is 6.57. The SMILES string of the molecule is CNCCCCC(O)c1ccccc1. The molecule has 0 saturated heterocycles. The molecule has 14 heavy (non-hydrogen) atoms. The maximum absolute atomic E-state index is 9.80. The molecule has 78 valence electrons. The quantitative estimate of drug-likeness (QED) is 0.678. The third-order valence-electron chi connectivity index (χ3n) is 2.34. The van der Waals surface area contributed by atoms with Crippen molar-refractivity contribution < 1.29 is 5.11 Å². The largest absolute Gasteiger partial charge is 0.388 e. The zero-order valence-electron chi connectivity index (χ0n) is 8.74. The molecule has 0 aliphatic rings. The Kier molecular flexibility index (Phi) is 5.27. The molecule has 2 heteroatoms. The van der Waals surface area contributed by atoms with Crippen LogP contribution in [0, 0.1) is 0 Å². The summed E-state index contributed by atoms with van der Waals surface area (Å²) in [5.41, 5.74) is 1.02. The van der Waals surface area contributed by atoms with Gasteiger partial charge in [-0.05, 0) is 38.4 Å². The predicted molar refractivity (Wildman–Crippen MR) is 59.2 cm³/mol. The molecule has 0 heterocycles. The van der Waals surface area contributed by atoms with E-state index in [0.29, 0.717) is 0 Å². The first-order valence-electron chi connectivity index (χ1n) is 5.22. The van der Waals surface area contributed by atoms with Gasteiger partial charge in [0.25, 0.3) is 0 Å². The molecule has 0 fully saturated rings. The van der Waals surface area contributed by atoms with Crippen LogP contribution in [0.15, 0.2) is 30.3 Å². The first-order chi connectivity index (χ1) is 6.84. The number of hydrogen-bond donors (Lipinski definition) is 2. The van der Waals surface area contributed by atoms with Crippen LogP contribution in [0.5, 0.6) is 0 Å². The smallest absolute Gasteiger partial charge is 0.0790 e. The summed E-state index contributed by atoms with van der Waals surface area (Å²) in [6.07, 6.45) is 2.75. The summed E-state index contributed by atoms with van der Waals surface area (Å²) in [6.45, 7) is 1.03. The van der Waals surface area contributed by atoms with E-state index in [-0.39, 0.29) is 6.10 Å². The zero-order chi connectivity index (χ0) is 10.2. The van der Waals surface area contributed by atoms with Crippen molar-refractivity contribution in [1.29, 1.82) is 0 Å². The summed E-state index contributed by atoms with van der Waals surface area (Å²) >= 11 is 0. The molecule has 1 aromatic carbocycles. The minimum atomic E-state index is -0.298. The fourth-order valence-corrected chi connectivity index (χ4v) is 1.48. The minimum Gasteiger partial charge on any atom is -0.388 e. The van der Waals surface area contributed by atoms with Crippen LogP contribution in [-0.2, 0) is 0 Å². The lowest BCUT2D eigenvalue weighted by molar-refractivity contribution is 0.163. The van der Waals surface area contributed by atoms with Crippen molar-refractivity contribution in [2.45, 2.75) is 25.4 Å². The molecule has 0 saturated carbocycles. The van der Waals surface area contributed by atoms with Gasteiger partial charge in [-0.25, -0.2) is 0 Å². The standard InChI is InChI=1S/C12H19NO/c1-13-10-6-5-9-12(14)11-7-3-2-4-8-11/h2-4,7-8,12-14H,5-6,9-10H2,1H3. The maximum atomic E-state index is 9.80. The van der Waals surface area contributed by atoms with Crippen LogP contribution in [-0.4, -0.2) is 18.7 Å². The molecule has 2 nitrogen and oxygen atoms in total. The van der Waals surface area contributed by atoms with E-state index in [2.05, 4.69) is 5.32 Å². The zero-order valence-corrected chi connectivity index (χ0v) is 8.74. The number of nitrogens with one attached hydrogen (secondary N) is 1. The summed E-state index contributed by atoms with van der Waals surface area (Å²) in [7, 11) is 1.95. The molecular formula is C12H19NO. The van der Waals surface area contributed by atoms with Gasteiger partial charge in [-0.1, -0.05) is 30.3 Å². The summed E-state index contributed by atoms with van der Waals surface area (Å²) in [5, 5.41) is 12.9. The highest BCUT2D eigenvalue weighted by Gasteiger charge is 2.05. The van der Waals surface area contributed by atoms with Crippen LogP contribution in [0.1, 0.15) is 30.9 Å². The molecule has 1 rings (SSSR count). The Hall–Kier alpha value is -0.860. The Balaban J connectivity index is 2.25. The van der Waals surface area contributed by atoms with Crippen molar-refractivity contribution in [3.63, 3.8) is 0 Å². The van der Waals surface area contributed by atoms with E-state index in [1.165, 1.54) is 0 Å². The van der Waals surface area contributed by atoms with Gasteiger partial charge in [0.15, 0.2) is 0 Å². The van der Waals surface area contributed by atoms with Crippen LogP contribution in [0.3, 0.4) is 0 Å². The minimum absolute atomic E-state index is 0.298. The Morgan fingerprint density at radius 2 is 1.93 bits per heavy atom. The highest BCUT2D eigenvalue weighted by molar-refractivity contribution is 5.16. The van der Waals surface area contributed by atoms with Crippen LogP contribution in [0.2, 0.25) is 0 Å². The van der Waals surface area contributed by atoms with Crippen LogP contribution in [0.25, 0.3) is 0 Å². The summed E-state index contributed by atoms with van der Waals surface area (Å²) in [4.78, 5) is 0. The Morgan fingerprint density at radius 1 is 1.21 bits per heavy atom. The molecule has 0 spiro atoms. The molecule has 1 atom stereocenters. The molecule has 0 aliphatic heterocycles. The predicted octanol–water partition coefficient (Wildman–Crippen LogP) is 2.11. The van der Waals surface area contributed by atoms with Crippen molar-refractivity contribution in [3.05, 3.63) is 35.9 Å². The Labute approximate surface area is 86.0 Å². The van der Waals surface area contributed by atoms with Gasteiger partial charge in [-0.15, -0.1) is 0 Å². The molecule has 1 aromatic rings. The van der Waals surface area contributed by atoms with Gasteiger partial charge in [-0.2, -0.15) is 0 Å². The van der Waals surface area contributed by atoms with E-state index in [4.69, 9.17) is 0 Å². The van der Waals surface area contributed by atoms with Crippen LogP contribution < -0.4 is 5.32 Å². The summed E-state index contributed by atoms with van der Waals surface area (Å²) < 4.78 is 0. The molecule has 0 aliphatic carbocycles. The molecular weight excluding hydrogens is 174 g/mol. The highest BCUT2D eigenvalue weighted by Crippen LogP contribution is 2.18. The van der Waals surface area contributed by atoms with E-state index in [9.17, 15) is 5.11 Å². The lowest BCUT2D eigenvalue weighted by Crippen LogP contribution is -2.08. The van der Waals surface area contributed by atoms with Gasteiger partial charge >= 0.3 is 0 Å². The first-order valence-corrected chi connectivity index (χ1v) is 5.22. The van der Waals surface area contributed by atoms with Gasteiger partial charge < -0.3 is 10.4 Å². The second-order valence-corrected chi connectivity index (χ2v) is 3.53. The third-order valence-corrected chi connectivity index (χ3v) is 2.34. The second-order valence-electron chi connectivity index (χ2n) is 3.53. The van der Waals surface area contributed by atoms with E-state index in [0.717, 1.165) is 31.4 Å². The molecule has 0 amide bonds. The number of benzene rings is 1. The molecule has 0 radical (unpaired) electrons. The topological polar surface area (TPSA) is 32.3 Å². The van der Waals surface area contributed by atoms with E-state index >= 15 is 0 Å². The van der Waals surface area contributed by atoms with Crippen molar-refractivity contribution in [3.8, 4) is 0 Å². The Bertz CT molecular complexity index is 235. The highest BCUT2D eigenvalue weighted by atomic mass is 16.3. The fourth-order valence-electron chi connectivity index (χ4n) is 1.48. The van der Waals surface area contributed by atoms with Gasteiger partial charge in [-0.3, -0.25) is 0 Å². The summed E-state index contributed by atoms with van der Waals surface area (Å²) in [5.74, 6) is 0. The van der Waals surface area contributed by atoms with Crippen molar-refractivity contribution in [1.82, 2.24) is 5.32 Å². The normalized spacial score (nSPS) is 12.7. The van der Waals surface area contributed by atoms with Crippen LogP contribution >= 0.6 is 0 Å². The third kappa shape index (κ3) is 3.90. The van der Waals surface area contributed by atoms with Crippen molar-refractivity contribution >= 4 is 0 Å². The van der Waals surface area contributed by atoms with Gasteiger partial charge in [0.05, 0.1) is 6.10 Å². The molecule has 0 bridgehead atoms. The average Bonchev–Trinajstić information content (AvgIpc) is 2.25. The number of rotatable bonds is 6. The van der Waals surface area contributed by atoms with Gasteiger partial charge in [0, 0.05) is 0 Å². The van der Waals surface area contributed by atoms with Gasteiger partial charge in [0.1, 0.15) is 0 Å². The Morgan fingerprint density at radius 3 is 2.57 bits per heavy atom. The van der Waals surface area contributed by atoms with Gasteiger partial charge in [0.2, 0.25) is 0 Å². The van der Waals surface area contributed by atoms with E-state index in [1.807, 2.05) is 37.4 Å². The fraction of sp³-hybridized carbons (Fsp3) is 0.500. The number of aliphatic hydroxyl groups excluding tert-OH is 1. The maximum Gasteiger partial charge on any atom is 0.0790 e. The average molecular weight is 193 g/mol. The van der Waals surface area contributed by atoms with E-state index in [1.54, 1.807) is 0 Å². The number of aliphatic hydroxyl groups is 1.